The molecular formula is C11H8BrN5O3. The van der Waals surface area contributed by atoms with E-state index in [2.05, 4.69) is 25.9 Å². The van der Waals surface area contributed by atoms with Gasteiger partial charge in [0.05, 0.1) is 11.0 Å². The van der Waals surface area contributed by atoms with Crippen molar-refractivity contribution in [2.75, 3.05) is 0 Å². The monoisotopic (exact) mass is 337 g/mol. The zero-order chi connectivity index (χ0) is 14.7. The van der Waals surface area contributed by atoms with E-state index < -0.39 is 4.92 Å². The van der Waals surface area contributed by atoms with Crippen LogP contribution in [-0.2, 0) is 0 Å². The highest BCUT2D eigenvalue weighted by molar-refractivity contribution is 9.10. The zero-order valence-electron chi connectivity index (χ0n) is 9.91. The number of nitrogen functional groups attached to an aromatic ring is 1. The highest BCUT2D eigenvalue weighted by Gasteiger charge is 2.14. The molecule has 1 heterocycles. The summed E-state index contributed by atoms with van der Waals surface area (Å²) in [7, 11) is 0. The molecule has 0 radical (unpaired) electrons. The van der Waals surface area contributed by atoms with Crippen LogP contribution in [-0.4, -0.2) is 20.7 Å². The Morgan fingerprint density at radius 3 is 2.70 bits per heavy atom. The van der Waals surface area contributed by atoms with Crippen molar-refractivity contribution in [1.82, 2.24) is 9.97 Å². The van der Waals surface area contributed by atoms with E-state index in [1.54, 1.807) is 0 Å². The van der Waals surface area contributed by atoms with Gasteiger partial charge in [-0.3, -0.25) is 15.5 Å². The van der Waals surface area contributed by atoms with Crippen molar-refractivity contribution in [3.8, 4) is 11.6 Å². The number of rotatable bonds is 4. The number of ether oxygens (including phenoxy) is 1. The van der Waals surface area contributed by atoms with Crippen LogP contribution in [0.2, 0.25) is 0 Å². The highest BCUT2D eigenvalue weighted by atomic mass is 79.9. The molecule has 0 saturated carbocycles. The third-order valence-electron chi connectivity index (χ3n) is 2.20. The molecule has 102 valence electrons. The van der Waals surface area contributed by atoms with Gasteiger partial charge in [-0.05, 0) is 6.07 Å². The van der Waals surface area contributed by atoms with Gasteiger partial charge in [-0.1, -0.05) is 15.9 Å². The summed E-state index contributed by atoms with van der Waals surface area (Å²) < 4.78 is 5.90. The molecule has 0 aliphatic carbocycles. The fourth-order valence-corrected chi connectivity index (χ4v) is 1.87. The minimum atomic E-state index is -0.541. The van der Waals surface area contributed by atoms with Gasteiger partial charge in [0.25, 0.3) is 5.69 Å². The number of nitrogens with two attached hydrogens (primary N) is 1. The van der Waals surface area contributed by atoms with Crippen molar-refractivity contribution in [2.45, 2.75) is 0 Å². The van der Waals surface area contributed by atoms with Crippen LogP contribution in [0.1, 0.15) is 5.69 Å². The number of hydrogen-bond donors (Lipinski definition) is 2. The largest absolute Gasteiger partial charge is 0.437 e. The SMILES string of the molecule is N=C(N)c1nccnc1Oc1cc(Br)cc([N+](=O)[O-])c1. The van der Waals surface area contributed by atoms with Crippen LogP contribution >= 0.6 is 15.9 Å². The van der Waals surface area contributed by atoms with Gasteiger partial charge in [0, 0.05) is 22.9 Å². The molecule has 0 aliphatic rings. The van der Waals surface area contributed by atoms with Gasteiger partial charge in [0.2, 0.25) is 5.88 Å². The van der Waals surface area contributed by atoms with Crippen molar-refractivity contribution in [3.05, 3.63) is 50.9 Å². The first kappa shape index (κ1) is 13.9. The van der Waals surface area contributed by atoms with Crippen LogP contribution < -0.4 is 10.5 Å². The second-order valence-corrected chi connectivity index (χ2v) is 4.54. The number of nitro groups is 1. The van der Waals surface area contributed by atoms with Gasteiger partial charge in [-0.25, -0.2) is 9.97 Å². The van der Waals surface area contributed by atoms with E-state index in [0.717, 1.165) is 0 Å². The lowest BCUT2D eigenvalue weighted by molar-refractivity contribution is -0.385. The Hall–Kier alpha value is -2.55. The molecule has 0 spiro atoms. The first-order valence-corrected chi connectivity index (χ1v) is 6.05. The number of nitrogens with zero attached hydrogens (tertiary/aromatic N) is 3. The molecule has 0 aliphatic heterocycles. The maximum atomic E-state index is 10.8. The minimum Gasteiger partial charge on any atom is -0.437 e. The number of benzene rings is 1. The number of halogens is 1. The van der Waals surface area contributed by atoms with Gasteiger partial charge >= 0.3 is 0 Å². The molecule has 9 heteroatoms. The van der Waals surface area contributed by atoms with E-state index in [0.29, 0.717) is 4.47 Å². The lowest BCUT2D eigenvalue weighted by Gasteiger charge is -2.08. The number of nitro benzene ring substituents is 1. The van der Waals surface area contributed by atoms with Crippen molar-refractivity contribution in [1.29, 1.82) is 5.41 Å². The van der Waals surface area contributed by atoms with Crippen molar-refractivity contribution in [2.24, 2.45) is 5.73 Å². The second-order valence-electron chi connectivity index (χ2n) is 3.63. The second kappa shape index (κ2) is 5.61. The van der Waals surface area contributed by atoms with E-state index >= 15 is 0 Å². The molecule has 1 aromatic carbocycles. The van der Waals surface area contributed by atoms with E-state index in [1.165, 1.54) is 30.6 Å². The number of aromatic nitrogens is 2. The molecule has 0 fully saturated rings. The molecule has 8 nitrogen and oxygen atoms in total. The maximum Gasteiger partial charge on any atom is 0.274 e. The van der Waals surface area contributed by atoms with E-state index in [4.69, 9.17) is 15.9 Å². The molecule has 2 rings (SSSR count). The number of hydrogen-bond acceptors (Lipinski definition) is 6. The molecule has 2 aromatic rings. The number of nitrogens with one attached hydrogen (secondary N) is 1. The van der Waals surface area contributed by atoms with Crippen LogP contribution in [0.15, 0.2) is 35.1 Å². The zero-order valence-corrected chi connectivity index (χ0v) is 11.5. The normalized spacial score (nSPS) is 10.1. The van der Waals surface area contributed by atoms with E-state index in [1.807, 2.05) is 0 Å². The lowest BCUT2D eigenvalue weighted by Crippen LogP contribution is -2.15. The molecule has 1 aromatic heterocycles. The third-order valence-corrected chi connectivity index (χ3v) is 2.66. The maximum absolute atomic E-state index is 10.8. The average Bonchev–Trinajstić information content (AvgIpc) is 2.38. The first-order chi connectivity index (χ1) is 9.47. The minimum absolute atomic E-state index is 0.00685. The molecule has 0 bridgehead atoms. The summed E-state index contributed by atoms with van der Waals surface area (Å²) in [5, 5.41) is 18.2. The summed E-state index contributed by atoms with van der Waals surface area (Å²) in [6.07, 6.45) is 2.74. The van der Waals surface area contributed by atoms with Crippen LogP contribution in [0.3, 0.4) is 0 Å². The predicted molar refractivity (Wildman–Crippen MR) is 73.9 cm³/mol. The molecule has 3 N–H and O–H groups in total. The topological polar surface area (TPSA) is 128 Å². The number of amidine groups is 1. The fraction of sp³-hybridized carbons (Fsp3) is 0. The Balaban J connectivity index is 2.40. The Bertz CT molecular complexity index is 692. The summed E-state index contributed by atoms with van der Waals surface area (Å²) in [6.45, 7) is 0. The summed E-state index contributed by atoms with van der Waals surface area (Å²) in [4.78, 5) is 18.0. The predicted octanol–water partition coefficient (Wildman–Crippen LogP) is 2.22. The first-order valence-electron chi connectivity index (χ1n) is 5.25. The van der Waals surface area contributed by atoms with Gasteiger partial charge in [0.1, 0.15) is 11.6 Å². The van der Waals surface area contributed by atoms with Crippen LogP contribution in [0.5, 0.6) is 11.6 Å². The van der Waals surface area contributed by atoms with Gasteiger partial charge in [0.15, 0.2) is 5.69 Å². The average molecular weight is 338 g/mol. The fourth-order valence-electron chi connectivity index (χ4n) is 1.41. The standard InChI is InChI=1S/C11H8BrN5O3/c12-6-3-7(17(18)19)5-8(4-6)20-11-9(10(13)14)15-1-2-16-11/h1-5H,(H3,13,14). The Morgan fingerprint density at radius 2 is 2.05 bits per heavy atom. The van der Waals surface area contributed by atoms with Crippen molar-refractivity contribution >= 4 is 27.5 Å². The van der Waals surface area contributed by atoms with Crippen LogP contribution in [0.25, 0.3) is 0 Å². The van der Waals surface area contributed by atoms with Crippen LogP contribution in [0.4, 0.5) is 5.69 Å². The number of non-ortho nitro benzene ring substituents is 1. The van der Waals surface area contributed by atoms with Crippen LogP contribution in [0, 0.1) is 15.5 Å². The van der Waals surface area contributed by atoms with E-state index in [9.17, 15) is 10.1 Å². The van der Waals surface area contributed by atoms with E-state index in [-0.39, 0.29) is 28.8 Å². The summed E-state index contributed by atoms with van der Waals surface area (Å²) in [5.41, 5.74) is 5.29. The molecule has 20 heavy (non-hydrogen) atoms. The molecular weight excluding hydrogens is 330 g/mol. The smallest absolute Gasteiger partial charge is 0.274 e. The highest BCUT2D eigenvalue weighted by Crippen LogP contribution is 2.29. The Morgan fingerprint density at radius 1 is 1.35 bits per heavy atom. The quantitative estimate of drug-likeness (QED) is 0.381. The summed E-state index contributed by atoms with van der Waals surface area (Å²) in [6, 6.07) is 4.12. The molecule has 0 amide bonds. The van der Waals surface area contributed by atoms with Gasteiger partial charge in [-0.15, -0.1) is 0 Å². The Kier molecular flexibility index (Phi) is 3.89. The molecule has 0 saturated heterocycles. The van der Waals surface area contributed by atoms with Crippen molar-refractivity contribution in [3.63, 3.8) is 0 Å². The van der Waals surface area contributed by atoms with Gasteiger partial charge < -0.3 is 10.5 Å². The molecule has 0 unspecified atom stereocenters. The van der Waals surface area contributed by atoms with Crippen molar-refractivity contribution < 1.29 is 9.66 Å². The lowest BCUT2D eigenvalue weighted by atomic mass is 10.3. The molecule has 0 atom stereocenters. The summed E-state index contributed by atoms with van der Waals surface area (Å²) >= 11 is 3.15. The summed E-state index contributed by atoms with van der Waals surface area (Å²) in [5.74, 6) is -0.112. The Labute approximate surface area is 121 Å². The van der Waals surface area contributed by atoms with Gasteiger partial charge in [-0.2, -0.15) is 0 Å². The third kappa shape index (κ3) is 3.06.